The minimum absolute atomic E-state index is 0.248. The fourth-order valence-electron chi connectivity index (χ4n) is 1.79. The molecule has 0 aromatic heterocycles. The van der Waals surface area contributed by atoms with E-state index in [4.69, 9.17) is 6.42 Å². The summed E-state index contributed by atoms with van der Waals surface area (Å²) in [5.74, 6) is 2.76. The second kappa shape index (κ2) is 6.84. The Kier molecular flexibility index (Phi) is 5.70. The van der Waals surface area contributed by atoms with E-state index in [1.807, 2.05) is 0 Å². The zero-order chi connectivity index (χ0) is 11.1. The van der Waals surface area contributed by atoms with Crippen LogP contribution < -0.4 is 5.32 Å². The van der Waals surface area contributed by atoms with Crippen LogP contribution in [0, 0.1) is 12.3 Å². The maximum absolute atomic E-state index is 5.39. The maximum Gasteiger partial charge on any atom is 0.0684 e. The monoisotopic (exact) mass is 209 g/mol. The highest BCUT2D eigenvalue weighted by atomic mass is 15.2. The number of nitrogens with zero attached hydrogens (tertiary/aromatic N) is 2. The number of rotatable bonds is 5. The Labute approximate surface area is 93.8 Å². The number of hydrogen-bond acceptors (Lipinski definition) is 3. The largest absolute Gasteiger partial charge is 0.304 e. The molecule has 0 spiro atoms. The van der Waals surface area contributed by atoms with Crippen molar-refractivity contribution in [2.24, 2.45) is 0 Å². The minimum Gasteiger partial charge on any atom is -0.304 e. The molecule has 1 heterocycles. The van der Waals surface area contributed by atoms with Crippen molar-refractivity contribution in [2.45, 2.75) is 19.4 Å². The third-order valence-electron chi connectivity index (χ3n) is 3.02. The Morgan fingerprint density at radius 1 is 1.33 bits per heavy atom. The molecule has 0 bridgehead atoms. The average Bonchev–Trinajstić information content (AvgIpc) is 2.27. The van der Waals surface area contributed by atoms with Crippen molar-refractivity contribution in [1.82, 2.24) is 15.1 Å². The van der Waals surface area contributed by atoms with Crippen LogP contribution in [0.5, 0.6) is 0 Å². The van der Waals surface area contributed by atoms with Crippen molar-refractivity contribution in [3.05, 3.63) is 0 Å². The summed E-state index contributed by atoms with van der Waals surface area (Å²) in [6, 6.07) is 0.248. The zero-order valence-corrected chi connectivity index (χ0v) is 10.00. The predicted octanol–water partition coefficient (Wildman–Crippen LogP) is 0.235. The molecule has 0 amide bonds. The first-order chi connectivity index (χ1) is 7.26. The Morgan fingerprint density at radius 2 is 2.00 bits per heavy atom. The van der Waals surface area contributed by atoms with Crippen LogP contribution in [0.15, 0.2) is 0 Å². The Hall–Kier alpha value is -0.560. The second-order valence-electron chi connectivity index (χ2n) is 4.23. The average molecular weight is 209 g/mol. The number of hydrogen-bond donors (Lipinski definition) is 1. The lowest BCUT2D eigenvalue weighted by atomic mass is 10.2. The highest BCUT2D eigenvalue weighted by Crippen LogP contribution is 1.97. The van der Waals surface area contributed by atoms with E-state index in [1.54, 1.807) is 0 Å². The van der Waals surface area contributed by atoms with Crippen molar-refractivity contribution in [2.75, 3.05) is 46.3 Å². The summed E-state index contributed by atoms with van der Waals surface area (Å²) in [4.78, 5) is 4.87. The van der Waals surface area contributed by atoms with Gasteiger partial charge in [0, 0.05) is 39.3 Å². The lowest BCUT2D eigenvalue weighted by molar-refractivity contribution is 0.154. The molecule has 15 heavy (non-hydrogen) atoms. The van der Waals surface area contributed by atoms with Crippen LogP contribution in [0.25, 0.3) is 0 Å². The van der Waals surface area contributed by atoms with Gasteiger partial charge >= 0.3 is 0 Å². The van der Waals surface area contributed by atoms with Crippen LogP contribution in [0.1, 0.15) is 13.3 Å². The molecule has 86 valence electrons. The molecule has 1 aliphatic rings. The summed E-state index contributed by atoms with van der Waals surface area (Å²) in [7, 11) is 2.18. The number of terminal acetylenes is 1. The van der Waals surface area contributed by atoms with Gasteiger partial charge in [0.15, 0.2) is 0 Å². The summed E-state index contributed by atoms with van der Waals surface area (Å²) >= 11 is 0. The summed E-state index contributed by atoms with van der Waals surface area (Å²) in [5.41, 5.74) is 0. The Bertz CT molecular complexity index is 201. The molecule has 1 fully saturated rings. The van der Waals surface area contributed by atoms with E-state index in [0.29, 0.717) is 0 Å². The fourth-order valence-corrected chi connectivity index (χ4v) is 1.79. The van der Waals surface area contributed by atoms with Crippen LogP contribution >= 0.6 is 0 Å². The number of nitrogens with one attached hydrogen (secondary N) is 1. The van der Waals surface area contributed by atoms with Gasteiger partial charge in [0.25, 0.3) is 0 Å². The standard InChI is InChI=1S/C12H23N3/c1-4-12(5-2)13-6-7-15-10-8-14(3)9-11-15/h1,12-13H,5-11H2,2-3H3. The molecule has 1 unspecified atom stereocenters. The van der Waals surface area contributed by atoms with Gasteiger partial charge in [-0.25, -0.2) is 0 Å². The molecule has 0 saturated carbocycles. The molecular weight excluding hydrogens is 186 g/mol. The molecule has 1 atom stereocenters. The van der Waals surface area contributed by atoms with Gasteiger partial charge in [0.05, 0.1) is 6.04 Å². The van der Waals surface area contributed by atoms with Crippen molar-refractivity contribution < 1.29 is 0 Å². The van der Waals surface area contributed by atoms with Gasteiger partial charge in [-0.1, -0.05) is 12.8 Å². The van der Waals surface area contributed by atoms with Crippen LogP contribution in [0.4, 0.5) is 0 Å². The maximum atomic E-state index is 5.39. The summed E-state index contributed by atoms with van der Waals surface area (Å²) in [6.45, 7) is 8.99. The molecule has 1 N–H and O–H groups in total. The second-order valence-corrected chi connectivity index (χ2v) is 4.23. The van der Waals surface area contributed by atoms with Gasteiger partial charge in [-0.3, -0.25) is 4.90 Å². The topological polar surface area (TPSA) is 18.5 Å². The Balaban J connectivity index is 2.08. The van der Waals surface area contributed by atoms with E-state index in [-0.39, 0.29) is 6.04 Å². The van der Waals surface area contributed by atoms with Crippen LogP contribution in [0.2, 0.25) is 0 Å². The highest BCUT2D eigenvalue weighted by Gasteiger charge is 2.13. The quantitative estimate of drug-likeness (QED) is 0.654. The minimum atomic E-state index is 0.248. The summed E-state index contributed by atoms with van der Waals surface area (Å²) in [6.07, 6.45) is 6.40. The van der Waals surface area contributed by atoms with Gasteiger partial charge in [-0.15, -0.1) is 6.42 Å². The van der Waals surface area contributed by atoms with Gasteiger partial charge in [-0.05, 0) is 13.5 Å². The zero-order valence-electron chi connectivity index (χ0n) is 10.00. The molecule has 1 saturated heterocycles. The predicted molar refractivity (Wildman–Crippen MR) is 64.9 cm³/mol. The molecule has 3 heteroatoms. The van der Waals surface area contributed by atoms with E-state index >= 15 is 0 Å². The highest BCUT2D eigenvalue weighted by molar-refractivity contribution is 4.97. The van der Waals surface area contributed by atoms with Crippen molar-refractivity contribution in [3.8, 4) is 12.3 Å². The first kappa shape index (κ1) is 12.5. The molecule has 1 rings (SSSR count). The molecule has 3 nitrogen and oxygen atoms in total. The summed E-state index contributed by atoms with van der Waals surface area (Å²) < 4.78 is 0. The first-order valence-electron chi connectivity index (χ1n) is 5.86. The lowest BCUT2D eigenvalue weighted by Gasteiger charge is -2.32. The number of piperazine rings is 1. The molecule has 0 aliphatic carbocycles. The van der Waals surface area contributed by atoms with E-state index in [1.165, 1.54) is 26.2 Å². The summed E-state index contributed by atoms with van der Waals surface area (Å²) in [5, 5.41) is 3.39. The van der Waals surface area contributed by atoms with Gasteiger partial charge in [-0.2, -0.15) is 0 Å². The van der Waals surface area contributed by atoms with Crippen LogP contribution in [0.3, 0.4) is 0 Å². The van der Waals surface area contributed by atoms with Gasteiger partial charge in [0.1, 0.15) is 0 Å². The van der Waals surface area contributed by atoms with E-state index in [0.717, 1.165) is 19.5 Å². The van der Waals surface area contributed by atoms with Crippen molar-refractivity contribution in [3.63, 3.8) is 0 Å². The molecule has 0 radical (unpaired) electrons. The normalized spacial score (nSPS) is 21.1. The fraction of sp³-hybridized carbons (Fsp3) is 0.833. The molecule has 0 aromatic rings. The lowest BCUT2D eigenvalue weighted by Crippen LogP contribution is -2.47. The Morgan fingerprint density at radius 3 is 2.53 bits per heavy atom. The van der Waals surface area contributed by atoms with Crippen molar-refractivity contribution >= 4 is 0 Å². The van der Waals surface area contributed by atoms with Crippen LogP contribution in [-0.4, -0.2) is 62.2 Å². The van der Waals surface area contributed by atoms with Gasteiger partial charge in [0.2, 0.25) is 0 Å². The van der Waals surface area contributed by atoms with Crippen molar-refractivity contribution in [1.29, 1.82) is 0 Å². The number of likely N-dealkylation sites (N-methyl/N-ethyl adjacent to an activating group) is 1. The van der Waals surface area contributed by atoms with E-state index in [2.05, 4.69) is 35.0 Å². The molecule has 1 aliphatic heterocycles. The first-order valence-corrected chi connectivity index (χ1v) is 5.86. The third kappa shape index (κ3) is 4.65. The van der Waals surface area contributed by atoms with E-state index in [9.17, 15) is 0 Å². The van der Waals surface area contributed by atoms with Gasteiger partial charge < -0.3 is 10.2 Å². The van der Waals surface area contributed by atoms with Crippen LogP contribution in [-0.2, 0) is 0 Å². The van der Waals surface area contributed by atoms with E-state index < -0.39 is 0 Å². The molecular formula is C12H23N3. The SMILES string of the molecule is C#CC(CC)NCCN1CCN(C)CC1. The third-order valence-corrected chi connectivity index (χ3v) is 3.02. The molecule has 0 aromatic carbocycles. The smallest absolute Gasteiger partial charge is 0.0684 e.